The molecule has 6 nitrogen and oxygen atoms in total. The molecule has 1 heterocycles. The maximum Gasteiger partial charge on any atom is 0.410 e. The van der Waals surface area contributed by atoms with Crippen molar-refractivity contribution in [2.24, 2.45) is 0 Å². The van der Waals surface area contributed by atoms with Crippen LogP contribution in [0.15, 0.2) is 42.5 Å². The molecule has 150 valence electrons. The van der Waals surface area contributed by atoms with Crippen molar-refractivity contribution in [3.63, 3.8) is 0 Å². The largest absolute Gasteiger partial charge is 0.444 e. The fourth-order valence-electron chi connectivity index (χ4n) is 3.33. The standard InChI is InChI=1S/C22H29N3O3/c1-22(2,3)28-21(27)25-15-13-24(14-16-25)12-11-23-20(26)19-10-6-8-17-7-4-5-9-18(17)19/h4-10H,11-16H2,1-3H3,(H,23,26). The van der Waals surface area contributed by atoms with Gasteiger partial charge in [0.15, 0.2) is 0 Å². The first-order valence-electron chi connectivity index (χ1n) is 9.80. The summed E-state index contributed by atoms with van der Waals surface area (Å²) in [6.45, 7) is 9.82. The van der Waals surface area contributed by atoms with E-state index in [1.165, 1.54) is 0 Å². The summed E-state index contributed by atoms with van der Waals surface area (Å²) >= 11 is 0. The molecule has 0 saturated carbocycles. The molecular weight excluding hydrogens is 354 g/mol. The number of hydrogen-bond acceptors (Lipinski definition) is 4. The van der Waals surface area contributed by atoms with Gasteiger partial charge in [-0.05, 0) is 37.6 Å². The number of carbonyl (C=O) groups is 2. The Labute approximate surface area is 166 Å². The lowest BCUT2D eigenvalue weighted by Gasteiger charge is -2.35. The summed E-state index contributed by atoms with van der Waals surface area (Å²) < 4.78 is 5.42. The number of carbonyl (C=O) groups excluding carboxylic acids is 2. The van der Waals surface area contributed by atoms with E-state index in [0.717, 1.165) is 30.4 Å². The molecule has 1 aliphatic heterocycles. The van der Waals surface area contributed by atoms with Crippen LogP contribution < -0.4 is 5.32 Å². The Bertz CT molecular complexity index is 831. The summed E-state index contributed by atoms with van der Waals surface area (Å²) in [4.78, 5) is 28.7. The topological polar surface area (TPSA) is 61.9 Å². The maximum absolute atomic E-state index is 12.6. The van der Waals surface area contributed by atoms with E-state index in [1.54, 1.807) is 4.90 Å². The van der Waals surface area contributed by atoms with Gasteiger partial charge in [0.2, 0.25) is 0 Å². The summed E-state index contributed by atoms with van der Waals surface area (Å²) in [6.07, 6.45) is -0.253. The van der Waals surface area contributed by atoms with Crippen LogP contribution in [0, 0.1) is 0 Å². The molecule has 0 atom stereocenters. The van der Waals surface area contributed by atoms with E-state index in [4.69, 9.17) is 4.74 Å². The second kappa shape index (κ2) is 8.61. The zero-order valence-electron chi connectivity index (χ0n) is 16.9. The van der Waals surface area contributed by atoms with Gasteiger partial charge in [-0.15, -0.1) is 0 Å². The highest BCUT2D eigenvalue weighted by Gasteiger charge is 2.25. The van der Waals surface area contributed by atoms with Crippen LogP contribution in [0.3, 0.4) is 0 Å². The van der Waals surface area contributed by atoms with Crippen molar-refractivity contribution in [3.05, 3.63) is 48.0 Å². The molecule has 2 aromatic carbocycles. The van der Waals surface area contributed by atoms with Crippen molar-refractivity contribution in [2.45, 2.75) is 26.4 Å². The van der Waals surface area contributed by atoms with Gasteiger partial charge >= 0.3 is 6.09 Å². The highest BCUT2D eigenvalue weighted by Crippen LogP contribution is 2.18. The molecule has 0 unspecified atom stereocenters. The molecule has 2 amide bonds. The van der Waals surface area contributed by atoms with E-state index < -0.39 is 5.60 Å². The number of piperazine rings is 1. The van der Waals surface area contributed by atoms with Crippen LogP contribution in [0.4, 0.5) is 4.79 Å². The van der Waals surface area contributed by atoms with Crippen LogP contribution in [-0.4, -0.2) is 66.7 Å². The molecule has 0 radical (unpaired) electrons. The Balaban J connectivity index is 1.45. The number of fused-ring (bicyclic) bond motifs is 1. The van der Waals surface area contributed by atoms with Crippen molar-refractivity contribution in [1.29, 1.82) is 0 Å². The predicted molar refractivity (Wildman–Crippen MR) is 111 cm³/mol. The highest BCUT2D eigenvalue weighted by molar-refractivity contribution is 6.06. The van der Waals surface area contributed by atoms with Crippen molar-refractivity contribution in [1.82, 2.24) is 15.1 Å². The van der Waals surface area contributed by atoms with Crippen LogP contribution in [-0.2, 0) is 4.74 Å². The highest BCUT2D eigenvalue weighted by atomic mass is 16.6. The monoisotopic (exact) mass is 383 g/mol. The molecular formula is C22H29N3O3. The third-order valence-corrected chi connectivity index (χ3v) is 4.77. The molecule has 1 aliphatic rings. The van der Waals surface area contributed by atoms with Crippen LogP contribution in [0.1, 0.15) is 31.1 Å². The van der Waals surface area contributed by atoms with Crippen LogP contribution in [0.25, 0.3) is 10.8 Å². The minimum absolute atomic E-state index is 0.0517. The van der Waals surface area contributed by atoms with Crippen LogP contribution in [0.5, 0.6) is 0 Å². The van der Waals surface area contributed by atoms with Gasteiger partial charge in [0.1, 0.15) is 5.60 Å². The minimum Gasteiger partial charge on any atom is -0.444 e. The Hall–Kier alpha value is -2.60. The van der Waals surface area contributed by atoms with Gasteiger partial charge in [-0.2, -0.15) is 0 Å². The van der Waals surface area contributed by atoms with Crippen molar-refractivity contribution in [3.8, 4) is 0 Å². The minimum atomic E-state index is -0.472. The van der Waals surface area contributed by atoms with E-state index in [-0.39, 0.29) is 12.0 Å². The summed E-state index contributed by atoms with van der Waals surface area (Å²) in [7, 11) is 0. The molecule has 28 heavy (non-hydrogen) atoms. The molecule has 2 aromatic rings. The first-order valence-corrected chi connectivity index (χ1v) is 9.80. The number of nitrogens with zero attached hydrogens (tertiary/aromatic N) is 2. The predicted octanol–water partition coefficient (Wildman–Crippen LogP) is 3.12. The maximum atomic E-state index is 12.6. The average Bonchev–Trinajstić information content (AvgIpc) is 2.66. The van der Waals surface area contributed by atoms with E-state index in [1.807, 2.05) is 63.2 Å². The van der Waals surface area contributed by atoms with Crippen molar-refractivity contribution < 1.29 is 14.3 Å². The third-order valence-electron chi connectivity index (χ3n) is 4.77. The molecule has 0 aliphatic carbocycles. The van der Waals surface area contributed by atoms with Gasteiger partial charge in [0.05, 0.1) is 0 Å². The molecule has 1 saturated heterocycles. The molecule has 0 spiro atoms. The van der Waals surface area contributed by atoms with E-state index >= 15 is 0 Å². The molecule has 3 rings (SSSR count). The van der Waals surface area contributed by atoms with Gasteiger partial charge in [-0.1, -0.05) is 36.4 Å². The van der Waals surface area contributed by atoms with Gasteiger partial charge in [-0.3, -0.25) is 9.69 Å². The summed E-state index contributed by atoms with van der Waals surface area (Å²) in [5.74, 6) is -0.0517. The number of rotatable bonds is 4. The van der Waals surface area contributed by atoms with E-state index in [2.05, 4.69) is 10.2 Å². The summed E-state index contributed by atoms with van der Waals surface area (Å²) in [6, 6.07) is 13.7. The Morgan fingerprint density at radius 2 is 1.68 bits per heavy atom. The molecule has 0 bridgehead atoms. The fraction of sp³-hybridized carbons (Fsp3) is 0.455. The number of hydrogen-bond donors (Lipinski definition) is 1. The zero-order chi connectivity index (χ0) is 20.1. The molecule has 6 heteroatoms. The van der Waals surface area contributed by atoms with E-state index in [9.17, 15) is 9.59 Å². The van der Waals surface area contributed by atoms with Crippen LogP contribution in [0.2, 0.25) is 0 Å². The van der Waals surface area contributed by atoms with Crippen molar-refractivity contribution >= 4 is 22.8 Å². The van der Waals surface area contributed by atoms with Gasteiger partial charge < -0.3 is 15.0 Å². The van der Waals surface area contributed by atoms with Gasteiger partial charge in [0, 0.05) is 44.8 Å². The summed E-state index contributed by atoms with van der Waals surface area (Å²) in [5.41, 5.74) is 0.230. The van der Waals surface area contributed by atoms with Gasteiger partial charge in [0.25, 0.3) is 5.91 Å². The smallest absolute Gasteiger partial charge is 0.410 e. The zero-order valence-corrected chi connectivity index (χ0v) is 16.9. The van der Waals surface area contributed by atoms with Crippen molar-refractivity contribution in [2.75, 3.05) is 39.3 Å². The number of nitrogens with one attached hydrogen (secondary N) is 1. The normalized spacial score (nSPS) is 15.5. The number of benzene rings is 2. The second-order valence-corrected chi connectivity index (χ2v) is 8.09. The third kappa shape index (κ3) is 5.23. The lowest BCUT2D eigenvalue weighted by Crippen LogP contribution is -2.51. The quantitative estimate of drug-likeness (QED) is 0.881. The molecule has 0 aromatic heterocycles. The Kier molecular flexibility index (Phi) is 6.19. The first-order chi connectivity index (χ1) is 13.3. The van der Waals surface area contributed by atoms with Crippen LogP contribution >= 0.6 is 0 Å². The number of amides is 2. The molecule has 1 fully saturated rings. The number of ether oxygens (including phenoxy) is 1. The lowest BCUT2D eigenvalue weighted by atomic mass is 10.0. The Morgan fingerprint density at radius 1 is 1.00 bits per heavy atom. The fourth-order valence-corrected chi connectivity index (χ4v) is 3.33. The Morgan fingerprint density at radius 3 is 2.39 bits per heavy atom. The summed E-state index contributed by atoms with van der Waals surface area (Å²) in [5, 5.41) is 5.05. The second-order valence-electron chi connectivity index (χ2n) is 8.09. The van der Waals surface area contributed by atoms with E-state index in [0.29, 0.717) is 25.2 Å². The van der Waals surface area contributed by atoms with Gasteiger partial charge in [-0.25, -0.2) is 4.79 Å². The molecule has 1 N–H and O–H groups in total. The lowest BCUT2D eigenvalue weighted by molar-refractivity contribution is 0.0147. The SMILES string of the molecule is CC(C)(C)OC(=O)N1CCN(CCNC(=O)c2cccc3ccccc23)CC1. The first kappa shape index (κ1) is 20.1. The average molecular weight is 383 g/mol.